The molecule has 118 valence electrons. The van der Waals surface area contributed by atoms with Crippen LogP contribution in [0.25, 0.3) is 0 Å². The van der Waals surface area contributed by atoms with E-state index < -0.39 is 20.2 Å². The molecule has 1 aliphatic carbocycles. The van der Waals surface area contributed by atoms with Crippen molar-refractivity contribution in [3.63, 3.8) is 0 Å². The van der Waals surface area contributed by atoms with Crippen LogP contribution in [0.3, 0.4) is 0 Å². The third kappa shape index (κ3) is 2.84. The zero-order valence-corrected chi connectivity index (χ0v) is 12.6. The molecule has 1 aliphatic rings. The number of aromatic nitrogens is 3. The van der Waals surface area contributed by atoms with Crippen LogP contribution >= 0.6 is 11.8 Å². The third-order valence-electron chi connectivity index (χ3n) is 3.09. The number of halogens is 3. The fourth-order valence-corrected chi connectivity index (χ4v) is 3.86. The van der Waals surface area contributed by atoms with Crippen LogP contribution in [-0.2, 0) is 9.84 Å². The Morgan fingerprint density at radius 1 is 1.23 bits per heavy atom. The Kier molecular flexibility index (Phi) is 3.68. The normalized spacial score (nSPS) is 16.0. The lowest BCUT2D eigenvalue weighted by molar-refractivity contribution is -0.0437. The summed E-state index contributed by atoms with van der Waals surface area (Å²) in [5.74, 6) is 0.995. The van der Waals surface area contributed by atoms with E-state index in [0.29, 0.717) is 11.7 Å². The number of H-pyrrole nitrogens is 1. The number of alkyl halides is 3. The van der Waals surface area contributed by atoms with E-state index in [9.17, 15) is 21.6 Å². The van der Waals surface area contributed by atoms with E-state index in [0.717, 1.165) is 30.7 Å². The number of nitrogens with one attached hydrogen (secondary N) is 1. The van der Waals surface area contributed by atoms with Gasteiger partial charge in [0.1, 0.15) is 5.82 Å². The number of nitrogens with zero attached hydrogens (tertiary/aromatic N) is 2. The van der Waals surface area contributed by atoms with Crippen LogP contribution < -0.4 is 0 Å². The van der Waals surface area contributed by atoms with Gasteiger partial charge in [-0.05, 0) is 36.7 Å². The van der Waals surface area contributed by atoms with E-state index in [2.05, 4.69) is 15.2 Å². The van der Waals surface area contributed by atoms with Crippen molar-refractivity contribution in [1.29, 1.82) is 0 Å². The second-order valence-electron chi connectivity index (χ2n) is 4.78. The smallest absolute Gasteiger partial charge is 0.262 e. The molecule has 0 amide bonds. The van der Waals surface area contributed by atoms with Gasteiger partial charge in [-0.1, -0.05) is 12.1 Å². The first-order valence-corrected chi connectivity index (χ1v) is 8.59. The van der Waals surface area contributed by atoms with E-state index in [1.165, 1.54) is 18.2 Å². The van der Waals surface area contributed by atoms with Gasteiger partial charge in [0.15, 0.2) is 0 Å². The van der Waals surface area contributed by atoms with Crippen molar-refractivity contribution in [2.45, 2.75) is 39.2 Å². The van der Waals surface area contributed by atoms with Gasteiger partial charge in [-0.2, -0.15) is 13.2 Å². The lowest BCUT2D eigenvalue weighted by Crippen LogP contribution is -2.23. The van der Waals surface area contributed by atoms with Crippen LogP contribution in [0, 0.1) is 0 Å². The minimum absolute atomic E-state index is 0.0545. The van der Waals surface area contributed by atoms with Gasteiger partial charge in [0.05, 0.1) is 4.90 Å². The summed E-state index contributed by atoms with van der Waals surface area (Å²) in [4.78, 5) is 3.33. The second kappa shape index (κ2) is 5.27. The Morgan fingerprint density at radius 2 is 1.91 bits per heavy atom. The molecule has 5 nitrogen and oxygen atoms in total. The standard InChI is InChI=1S/C12H10F3N3O2S2/c13-12(14,15)22(19,20)9-4-2-1-3-8(9)21-11-16-10(17-18-11)7-5-6-7/h1-4,7H,5-6H2,(H,16,17,18). The highest BCUT2D eigenvalue weighted by Crippen LogP contribution is 2.40. The Labute approximate surface area is 128 Å². The summed E-state index contributed by atoms with van der Waals surface area (Å²) in [6, 6.07) is 4.94. The van der Waals surface area contributed by atoms with Crippen LogP contribution in [0.15, 0.2) is 39.2 Å². The monoisotopic (exact) mass is 349 g/mol. The molecule has 2 aromatic rings. The number of hydrogen-bond acceptors (Lipinski definition) is 5. The van der Waals surface area contributed by atoms with Crippen LogP contribution in [0.2, 0.25) is 0 Å². The molecule has 10 heteroatoms. The van der Waals surface area contributed by atoms with E-state index in [4.69, 9.17) is 0 Å². The van der Waals surface area contributed by atoms with Gasteiger partial charge >= 0.3 is 5.51 Å². The van der Waals surface area contributed by atoms with Gasteiger partial charge in [-0.25, -0.2) is 13.4 Å². The Bertz CT molecular complexity index is 798. The Hall–Kier alpha value is -1.55. The molecule has 1 N–H and O–H groups in total. The summed E-state index contributed by atoms with van der Waals surface area (Å²) in [7, 11) is -5.41. The van der Waals surface area contributed by atoms with Crippen molar-refractivity contribution in [2.24, 2.45) is 0 Å². The molecule has 22 heavy (non-hydrogen) atoms. The SMILES string of the molecule is O=S(=O)(c1ccccc1Sc1n[nH]c(C2CC2)n1)C(F)(F)F. The van der Waals surface area contributed by atoms with Crippen molar-refractivity contribution in [1.82, 2.24) is 15.2 Å². The fraction of sp³-hybridized carbons (Fsp3) is 0.333. The highest BCUT2D eigenvalue weighted by molar-refractivity contribution is 8.00. The molecule has 0 spiro atoms. The van der Waals surface area contributed by atoms with Crippen LogP contribution in [0.5, 0.6) is 0 Å². The molecule has 1 heterocycles. The quantitative estimate of drug-likeness (QED) is 0.918. The summed E-state index contributed by atoms with van der Waals surface area (Å²) in [6.45, 7) is 0. The highest BCUT2D eigenvalue weighted by Gasteiger charge is 2.48. The molecule has 1 fully saturated rings. The molecule has 0 unspecified atom stereocenters. The maximum atomic E-state index is 12.7. The zero-order chi connectivity index (χ0) is 16.0. The molecule has 1 saturated carbocycles. The maximum absolute atomic E-state index is 12.7. The van der Waals surface area contributed by atoms with E-state index in [1.807, 2.05) is 0 Å². The van der Waals surface area contributed by atoms with Gasteiger partial charge < -0.3 is 0 Å². The molecule has 1 aromatic carbocycles. The number of aromatic amines is 1. The highest BCUT2D eigenvalue weighted by atomic mass is 32.2. The zero-order valence-electron chi connectivity index (χ0n) is 11.0. The number of benzene rings is 1. The second-order valence-corrected chi connectivity index (χ2v) is 7.69. The van der Waals surface area contributed by atoms with Crippen molar-refractivity contribution in [2.75, 3.05) is 0 Å². The average Bonchev–Trinajstić information content (AvgIpc) is 3.19. The first kappa shape index (κ1) is 15.3. The minimum Gasteiger partial charge on any atom is -0.262 e. The van der Waals surface area contributed by atoms with Gasteiger partial charge in [-0.3, -0.25) is 5.10 Å². The molecular weight excluding hydrogens is 339 g/mol. The van der Waals surface area contributed by atoms with Crippen LogP contribution in [0.1, 0.15) is 24.6 Å². The van der Waals surface area contributed by atoms with Crippen molar-refractivity contribution >= 4 is 21.6 Å². The predicted molar refractivity (Wildman–Crippen MR) is 72.2 cm³/mol. The van der Waals surface area contributed by atoms with E-state index >= 15 is 0 Å². The van der Waals surface area contributed by atoms with Crippen LogP contribution in [0.4, 0.5) is 13.2 Å². The first-order valence-electron chi connectivity index (χ1n) is 6.29. The van der Waals surface area contributed by atoms with Gasteiger partial charge in [0.25, 0.3) is 9.84 Å². The number of sulfone groups is 1. The van der Waals surface area contributed by atoms with Crippen molar-refractivity contribution < 1.29 is 21.6 Å². The van der Waals surface area contributed by atoms with Gasteiger partial charge in [0.2, 0.25) is 5.16 Å². The molecule has 0 bridgehead atoms. The fourth-order valence-electron chi connectivity index (χ4n) is 1.82. The Morgan fingerprint density at radius 3 is 2.55 bits per heavy atom. The molecule has 0 aliphatic heterocycles. The molecule has 3 rings (SSSR count). The summed E-state index contributed by atoms with van der Waals surface area (Å²) in [6.07, 6.45) is 2.00. The minimum atomic E-state index is -5.41. The lowest BCUT2D eigenvalue weighted by atomic mass is 10.4. The largest absolute Gasteiger partial charge is 0.501 e. The molecule has 0 saturated heterocycles. The topological polar surface area (TPSA) is 75.7 Å². The number of rotatable bonds is 4. The predicted octanol–water partition coefficient (Wildman–Crippen LogP) is 3.13. The van der Waals surface area contributed by atoms with E-state index in [-0.39, 0.29) is 10.1 Å². The summed E-state index contributed by atoms with van der Waals surface area (Å²) in [5.41, 5.74) is -5.35. The maximum Gasteiger partial charge on any atom is 0.501 e. The molecule has 1 aromatic heterocycles. The average molecular weight is 349 g/mol. The van der Waals surface area contributed by atoms with Crippen LogP contribution in [-0.4, -0.2) is 29.1 Å². The van der Waals surface area contributed by atoms with E-state index in [1.54, 1.807) is 0 Å². The van der Waals surface area contributed by atoms with Crippen molar-refractivity contribution in [3.05, 3.63) is 30.1 Å². The lowest BCUT2D eigenvalue weighted by Gasteiger charge is -2.11. The van der Waals surface area contributed by atoms with Gasteiger partial charge in [0, 0.05) is 10.8 Å². The summed E-state index contributed by atoms with van der Waals surface area (Å²) >= 11 is 0.791. The Balaban J connectivity index is 1.94. The first-order chi connectivity index (χ1) is 10.3. The third-order valence-corrected chi connectivity index (χ3v) is 5.71. The molecule has 0 atom stereocenters. The van der Waals surface area contributed by atoms with Crippen molar-refractivity contribution in [3.8, 4) is 0 Å². The molecule has 0 radical (unpaired) electrons. The van der Waals surface area contributed by atoms with Gasteiger partial charge in [-0.15, -0.1) is 5.10 Å². The molecular formula is C12H10F3N3O2S2. The number of hydrogen-bond donors (Lipinski definition) is 1. The summed E-state index contributed by atoms with van der Waals surface area (Å²) in [5, 5.41) is 6.83. The summed E-state index contributed by atoms with van der Waals surface area (Å²) < 4.78 is 61.4.